The molecule has 3 rings (SSSR count). The van der Waals surface area contributed by atoms with Crippen LogP contribution >= 0.6 is 15.9 Å². The van der Waals surface area contributed by atoms with Crippen LogP contribution in [0.15, 0.2) is 36.5 Å². The van der Waals surface area contributed by atoms with Crippen LogP contribution in [0.2, 0.25) is 0 Å². The van der Waals surface area contributed by atoms with Crippen molar-refractivity contribution in [3.05, 3.63) is 42.1 Å². The van der Waals surface area contributed by atoms with E-state index in [4.69, 9.17) is 0 Å². The number of rotatable bonds is 2. The van der Waals surface area contributed by atoms with Gasteiger partial charge in [-0.15, -0.1) is 0 Å². The van der Waals surface area contributed by atoms with Gasteiger partial charge in [0.25, 0.3) is 5.91 Å². The lowest BCUT2D eigenvalue weighted by atomic mass is 10.1. The highest BCUT2D eigenvalue weighted by molar-refractivity contribution is 9.09. The molecule has 1 heterocycles. The van der Waals surface area contributed by atoms with Gasteiger partial charge in [0.15, 0.2) is 0 Å². The largest absolute Gasteiger partial charge is 0.348 e. The van der Waals surface area contributed by atoms with Crippen LogP contribution in [-0.2, 0) is 0 Å². The van der Waals surface area contributed by atoms with Crippen molar-refractivity contribution < 1.29 is 4.79 Å². The molecule has 2 atom stereocenters. The van der Waals surface area contributed by atoms with Crippen molar-refractivity contribution in [1.29, 1.82) is 0 Å². The lowest BCUT2D eigenvalue weighted by Gasteiger charge is -2.21. The zero-order chi connectivity index (χ0) is 14.7. The maximum atomic E-state index is 12.6. The second-order valence-corrected chi connectivity index (χ2v) is 6.79. The Labute approximate surface area is 133 Å². The van der Waals surface area contributed by atoms with Crippen LogP contribution in [-0.4, -0.2) is 21.8 Å². The standard InChI is InChI=1S/C17H19BrN2O/c18-14-8-2-1-3-9-16(14)20-17(21)13-6-4-10-15-12(13)7-5-11-19-15/h4-7,10-11,14,16H,1-3,8-9H2,(H,20,21). The first-order valence-electron chi connectivity index (χ1n) is 7.54. The number of aromatic nitrogens is 1. The van der Waals surface area contributed by atoms with E-state index in [2.05, 4.69) is 26.2 Å². The van der Waals surface area contributed by atoms with Crippen molar-refractivity contribution in [3.8, 4) is 0 Å². The Morgan fingerprint density at radius 2 is 2.00 bits per heavy atom. The quantitative estimate of drug-likeness (QED) is 0.658. The molecule has 2 unspecified atom stereocenters. The summed E-state index contributed by atoms with van der Waals surface area (Å²) >= 11 is 3.73. The van der Waals surface area contributed by atoms with Crippen molar-refractivity contribution in [2.75, 3.05) is 0 Å². The summed E-state index contributed by atoms with van der Waals surface area (Å²) in [6, 6.07) is 9.74. The Bertz CT molecular complexity index is 638. The van der Waals surface area contributed by atoms with Crippen molar-refractivity contribution in [1.82, 2.24) is 10.3 Å². The molecule has 0 aliphatic heterocycles. The van der Waals surface area contributed by atoms with Gasteiger partial charge in [0.05, 0.1) is 5.52 Å². The van der Waals surface area contributed by atoms with E-state index in [0.29, 0.717) is 10.4 Å². The molecule has 21 heavy (non-hydrogen) atoms. The molecule has 0 radical (unpaired) electrons. The van der Waals surface area contributed by atoms with Crippen LogP contribution in [0.3, 0.4) is 0 Å². The van der Waals surface area contributed by atoms with Crippen molar-refractivity contribution in [3.63, 3.8) is 0 Å². The third-order valence-electron chi connectivity index (χ3n) is 4.14. The Kier molecular flexibility index (Phi) is 4.54. The van der Waals surface area contributed by atoms with Gasteiger partial charge in [0.1, 0.15) is 0 Å². The molecule has 1 aromatic heterocycles. The monoisotopic (exact) mass is 346 g/mol. The third-order valence-corrected chi connectivity index (χ3v) is 5.23. The van der Waals surface area contributed by atoms with Gasteiger partial charge in [-0.05, 0) is 31.0 Å². The average molecular weight is 347 g/mol. The smallest absolute Gasteiger partial charge is 0.252 e. The number of alkyl halides is 1. The zero-order valence-electron chi connectivity index (χ0n) is 11.9. The molecule has 1 aliphatic rings. The van der Waals surface area contributed by atoms with Gasteiger partial charge in [-0.3, -0.25) is 9.78 Å². The fraction of sp³-hybridized carbons (Fsp3) is 0.412. The minimum Gasteiger partial charge on any atom is -0.348 e. The van der Waals surface area contributed by atoms with Crippen molar-refractivity contribution in [2.45, 2.75) is 43.0 Å². The number of carbonyl (C=O) groups excluding carboxylic acids is 1. The maximum Gasteiger partial charge on any atom is 0.252 e. The van der Waals surface area contributed by atoms with Gasteiger partial charge in [-0.2, -0.15) is 0 Å². The van der Waals surface area contributed by atoms with Gasteiger partial charge < -0.3 is 5.32 Å². The zero-order valence-corrected chi connectivity index (χ0v) is 13.5. The van der Waals surface area contributed by atoms with E-state index in [-0.39, 0.29) is 11.9 Å². The summed E-state index contributed by atoms with van der Waals surface area (Å²) in [4.78, 5) is 17.3. The Morgan fingerprint density at radius 3 is 2.90 bits per heavy atom. The number of amides is 1. The SMILES string of the molecule is O=C(NC1CCCCCC1Br)c1cccc2ncccc12. The lowest BCUT2D eigenvalue weighted by molar-refractivity contribution is 0.0936. The van der Waals surface area contributed by atoms with Gasteiger partial charge in [0.2, 0.25) is 0 Å². The Balaban J connectivity index is 1.83. The van der Waals surface area contributed by atoms with Gasteiger partial charge >= 0.3 is 0 Å². The van der Waals surface area contributed by atoms with E-state index in [1.807, 2.05) is 30.3 Å². The molecule has 1 saturated carbocycles. The molecular weight excluding hydrogens is 328 g/mol. The highest BCUT2D eigenvalue weighted by atomic mass is 79.9. The molecule has 4 heteroatoms. The number of carbonyl (C=O) groups is 1. The van der Waals surface area contributed by atoms with Crippen LogP contribution in [0.4, 0.5) is 0 Å². The molecule has 1 fully saturated rings. The predicted molar refractivity (Wildman–Crippen MR) is 88.8 cm³/mol. The summed E-state index contributed by atoms with van der Waals surface area (Å²) in [5.74, 6) is 0.00458. The highest BCUT2D eigenvalue weighted by Gasteiger charge is 2.23. The molecule has 2 aromatic rings. The molecule has 110 valence electrons. The van der Waals surface area contributed by atoms with Gasteiger partial charge in [-0.25, -0.2) is 0 Å². The van der Waals surface area contributed by atoms with E-state index >= 15 is 0 Å². The number of fused-ring (bicyclic) bond motifs is 1. The molecule has 1 N–H and O–H groups in total. The molecule has 0 spiro atoms. The van der Waals surface area contributed by atoms with Gasteiger partial charge in [-0.1, -0.05) is 47.3 Å². The summed E-state index contributed by atoms with van der Waals surface area (Å²) in [6.45, 7) is 0. The van der Waals surface area contributed by atoms with E-state index in [1.165, 1.54) is 19.3 Å². The molecule has 1 aliphatic carbocycles. The number of halogens is 1. The third kappa shape index (κ3) is 3.26. The fourth-order valence-electron chi connectivity index (χ4n) is 2.97. The minimum absolute atomic E-state index is 0.00458. The van der Waals surface area contributed by atoms with E-state index < -0.39 is 0 Å². The maximum absolute atomic E-state index is 12.6. The predicted octanol–water partition coefficient (Wildman–Crippen LogP) is 4.06. The van der Waals surface area contributed by atoms with Crippen LogP contribution in [0.5, 0.6) is 0 Å². The molecule has 0 saturated heterocycles. The van der Waals surface area contributed by atoms with Crippen LogP contribution in [0.25, 0.3) is 10.9 Å². The summed E-state index contributed by atoms with van der Waals surface area (Å²) in [7, 11) is 0. The van der Waals surface area contributed by atoms with Crippen LogP contribution in [0.1, 0.15) is 42.5 Å². The van der Waals surface area contributed by atoms with E-state index in [1.54, 1.807) is 6.20 Å². The number of hydrogen-bond donors (Lipinski definition) is 1. The number of pyridine rings is 1. The first-order valence-corrected chi connectivity index (χ1v) is 8.46. The molecule has 1 amide bonds. The Morgan fingerprint density at radius 1 is 1.14 bits per heavy atom. The normalized spacial score (nSPS) is 22.7. The summed E-state index contributed by atoms with van der Waals surface area (Å²) in [6.07, 6.45) is 7.60. The summed E-state index contributed by atoms with van der Waals surface area (Å²) in [5, 5.41) is 4.12. The second kappa shape index (κ2) is 6.56. The first-order chi connectivity index (χ1) is 10.3. The minimum atomic E-state index is 0.00458. The van der Waals surface area contributed by atoms with Crippen molar-refractivity contribution in [2.24, 2.45) is 0 Å². The number of hydrogen-bond acceptors (Lipinski definition) is 2. The fourth-order valence-corrected chi connectivity index (χ4v) is 3.69. The van der Waals surface area contributed by atoms with E-state index in [9.17, 15) is 4.79 Å². The molecular formula is C17H19BrN2O. The van der Waals surface area contributed by atoms with E-state index in [0.717, 1.165) is 23.7 Å². The first kappa shape index (κ1) is 14.5. The summed E-state index contributed by atoms with van der Waals surface area (Å²) in [5.41, 5.74) is 1.57. The lowest BCUT2D eigenvalue weighted by Crippen LogP contribution is -2.40. The molecule has 1 aromatic carbocycles. The average Bonchev–Trinajstić information content (AvgIpc) is 2.71. The molecule has 3 nitrogen and oxygen atoms in total. The number of nitrogens with zero attached hydrogens (tertiary/aromatic N) is 1. The topological polar surface area (TPSA) is 42.0 Å². The number of nitrogens with one attached hydrogen (secondary N) is 1. The van der Waals surface area contributed by atoms with Crippen LogP contribution in [0, 0.1) is 0 Å². The molecule has 0 bridgehead atoms. The van der Waals surface area contributed by atoms with Crippen LogP contribution < -0.4 is 5.32 Å². The van der Waals surface area contributed by atoms with Crippen molar-refractivity contribution >= 4 is 32.7 Å². The van der Waals surface area contributed by atoms with Gasteiger partial charge in [0, 0.05) is 28.0 Å². The Hall–Kier alpha value is -1.42. The summed E-state index contributed by atoms with van der Waals surface area (Å²) < 4.78 is 0. The number of benzene rings is 1. The highest BCUT2D eigenvalue weighted by Crippen LogP contribution is 2.24. The second-order valence-electron chi connectivity index (χ2n) is 5.61.